The number of rotatable bonds is 9. The van der Waals surface area contributed by atoms with Gasteiger partial charge in [0.05, 0.1) is 65.3 Å². The van der Waals surface area contributed by atoms with Crippen molar-refractivity contribution in [3.05, 3.63) is 185 Å². The number of aromatic hydroxyl groups is 10. The summed E-state index contributed by atoms with van der Waals surface area (Å²) in [5, 5.41) is 142. The van der Waals surface area contributed by atoms with Gasteiger partial charge in [-0.1, -0.05) is 36.4 Å². The van der Waals surface area contributed by atoms with Gasteiger partial charge in [-0.3, -0.25) is 24.0 Å². The molecule has 0 saturated heterocycles. The number of ketones is 4. The summed E-state index contributed by atoms with van der Waals surface area (Å²) in [6.07, 6.45) is 1.60. The zero-order chi connectivity index (χ0) is 64.5. The number of carbonyl (C=O) groups is 7. The van der Waals surface area contributed by atoms with Crippen LogP contribution in [0.4, 0.5) is 0 Å². The van der Waals surface area contributed by atoms with Gasteiger partial charge < -0.3 is 80.6 Å². The predicted molar refractivity (Wildman–Crippen MR) is 308 cm³/mol. The molecule has 6 aromatic carbocycles. The molecule has 456 valence electrons. The van der Waals surface area contributed by atoms with Crippen LogP contribution in [0.3, 0.4) is 0 Å². The molecule has 0 unspecified atom stereocenters. The maximum atomic E-state index is 14.2. The van der Waals surface area contributed by atoms with Gasteiger partial charge in [-0.05, 0) is 103 Å². The Morgan fingerprint density at radius 2 is 0.899 bits per heavy atom. The number of aliphatic hydroxyl groups is 3. The van der Waals surface area contributed by atoms with Gasteiger partial charge in [-0.15, -0.1) is 0 Å². The molecular weight excluding hydrogens is 1160 g/mol. The maximum Gasteiger partial charge on any atom is 0.342 e. The number of aryl methyl sites for hydroxylation is 2. The number of fused-ring (bicyclic) bond motifs is 2. The molecule has 8 aliphatic rings. The second kappa shape index (κ2) is 21.1. The highest BCUT2D eigenvalue weighted by Crippen LogP contribution is 2.64. The van der Waals surface area contributed by atoms with E-state index < -0.39 is 169 Å². The lowest BCUT2D eigenvalue weighted by Gasteiger charge is -2.44. The van der Waals surface area contributed by atoms with Gasteiger partial charge in [0.15, 0.2) is 23.1 Å². The zero-order valence-corrected chi connectivity index (χ0v) is 47.6. The van der Waals surface area contributed by atoms with E-state index in [1.165, 1.54) is 43.3 Å². The van der Waals surface area contributed by atoms with Gasteiger partial charge >= 0.3 is 17.9 Å². The second-order valence-electron chi connectivity index (χ2n) is 22.7. The number of hydrogen-bond acceptors (Lipinski definition) is 23. The molecule has 2 spiro atoms. The minimum atomic E-state index is -1.52. The van der Waals surface area contributed by atoms with Crippen LogP contribution < -0.4 is 0 Å². The summed E-state index contributed by atoms with van der Waals surface area (Å²) in [6.45, 7) is 4.57. The largest absolute Gasteiger partial charge is 0.508 e. The topological polar surface area (TPSA) is 410 Å². The van der Waals surface area contributed by atoms with Crippen LogP contribution in [-0.2, 0) is 54.3 Å². The molecule has 0 aromatic heterocycles. The Morgan fingerprint density at radius 3 is 1.34 bits per heavy atom. The molecule has 0 amide bonds. The van der Waals surface area contributed by atoms with Crippen molar-refractivity contribution in [1.29, 1.82) is 0 Å². The molecule has 13 N–H and O–H groups in total. The van der Waals surface area contributed by atoms with E-state index in [0.29, 0.717) is 11.1 Å². The van der Waals surface area contributed by atoms with Crippen LogP contribution in [0.1, 0.15) is 139 Å². The molecule has 0 radical (unpaired) electrons. The van der Waals surface area contributed by atoms with Gasteiger partial charge in [-0.2, -0.15) is 0 Å². The molecule has 89 heavy (non-hydrogen) atoms. The number of benzene rings is 6. The van der Waals surface area contributed by atoms with Gasteiger partial charge in [0, 0.05) is 47.6 Å². The summed E-state index contributed by atoms with van der Waals surface area (Å²) in [4.78, 5) is 92.4. The zero-order valence-electron chi connectivity index (χ0n) is 47.6. The number of aliphatic hydroxyl groups excluding tert-OH is 3. The lowest BCUT2D eigenvalue weighted by atomic mass is 9.61. The van der Waals surface area contributed by atoms with Crippen molar-refractivity contribution in [3.63, 3.8) is 0 Å². The van der Waals surface area contributed by atoms with E-state index >= 15 is 0 Å². The summed E-state index contributed by atoms with van der Waals surface area (Å²) in [6, 6.07) is 12.6. The highest BCUT2D eigenvalue weighted by Gasteiger charge is 2.59. The number of phenols is 10. The molecule has 8 aliphatic carbocycles. The second-order valence-corrected chi connectivity index (χ2v) is 22.7. The number of ether oxygens (including phenoxy) is 3. The Bertz CT molecular complexity index is 4400. The molecule has 23 nitrogen and oxygen atoms in total. The molecule has 4 bridgehead atoms. The fourth-order valence-corrected chi connectivity index (χ4v) is 13.8. The first kappa shape index (κ1) is 59.7. The van der Waals surface area contributed by atoms with E-state index in [0.717, 1.165) is 38.5 Å². The van der Waals surface area contributed by atoms with Crippen molar-refractivity contribution in [2.45, 2.75) is 70.5 Å². The number of hydrogen-bond donors (Lipinski definition) is 13. The molecule has 6 atom stereocenters. The number of esters is 3. The minimum Gasteiger partial charge on any atom is -0.508 e. The van der Waals surface area contributed by atoms with Crippen molar-refractivity contribution in [2.24, 2.45) is 10.8 Å². The third kappa shape index (κ3) is 8.85. The van der Waals surface area contributed by atoms with Gasteiger partial charge in [0.2, 0.25) is 0 Å². The predicted octanol–water partition coefficient (Wildman–Crippen LogP) is 7.60. The Kier molecular flexibility index (Phi) is 14.2. The highest BCUT2D eigenvalue weighted by atomic mass is 16.5. The summed E-state index contributed by atoms with van der Waals surface area (Å²) < 4.78 is 15.1. The fourth-order valence-electron chi connectivity index (χ4n) is 13.8. The number of Topliss-reactive ketones (excluding diaryl/α,β-unsaturated/α-hetero) is 4. The Balaban J connectivity index is 0.000000184. The smallest absolute Gasteiger partial charge is 0.342 e. The van der Waals surface area contributed by atoms with E-state index in [-0.39, 0.29) is 91.1 Å². The van der Waals surface area contributed by atoms with Gasteiger partial charge in [-0.25, -0.2) is 9.59 Å². The molecule has 6 aromatic rings. The third-order valence-corrected chi connectivity index (χ3v) is 17.5. The monoisotopic (exact) mass is 1210 g/mol. The Labute approximate surface area is 503 Å². The molecular formula is C66H54O23. The van der Waals surface area contributed by atoms with Crippen molar-refractivity contribution in [2.75, 3.05) is 14.2 Å². The van der Waals surface area contributed by atoms with Crippen molar-refractivity contribution in [3.8, 4) is 57.5 Å². The highest BCUT2D eigenvalue weighted by molar-refractivity contribution is 6.14. The number of allylic oxidation sites excluding steroid dienone is 2. The maximum absolute atomic E-state index is 14.2. The molecule has 0 fully saturated rings. The summed E-state index contributed by atoms with van der Waals surface area (Å²) in [5.41, 5.74) is -4.32. The van der Waals surface area contributed by atoms with E-state index in [4.69, 9.17) is 4.74 Å². The van der Waals surface area contributed by atoms with Crippen molar-refractivity contribution in [1.82, 2.24) is 0 Å². The average molecular weight is 1220 g/mol. The van der Waals surface area contributed by atoms with Gasteiger partial charge in [0.1, 0.15) is 97.4 Å². The van der Waals surface area contributed by atoms with E-state index in [9.17, 15) is 99.9 Å². The third-order valence-electron chi connectivity index (χ3n) is 17.5. The normalized spacial score (nSPS) is 21.2. The first-order valence-electron chi connectivity index (χ1n) is 27.4. The summed E-state index contributed by atoms with van der Waals surface area (Å²) >= 11 is 0. The van der Waals surface area contributed by atoms with Crippen LogP contribution in [0.15, 0.2) is 96.1 Å². The quantitative estimate of drug-likeness (QED) is 0.0218. The van der Waals surface area contributed by atoms with Crippen molar-refractivity contribution >= 4 is 52.6 Å². The lowest BCUT2D eigenvalue weighted by molar-refractivity contribution is -0.152. The average Bonchev–Trinajstić information content (AvgIpc) is 1.67. The SMILES string of the molecule is COC(=O)c1c(O)ccc(O)c1CC(=O)c1c(O)cc2c(c1O)[C@@H]1C=C[C@]3(C2)C(=C(O)c2c(O)cc(C)cc2[C@@H]3O)C1=O.COC(=O)c1c(O)ccc(O)c1CC(=O)c1c(O)cc2c(c1O)[C@@H]1C=C[C@]3(C2)C(=C(O)c2c(O)cc(C)cc2[C@@H]3OC(C)=O)C1=O. The van der Waals surface area contributed by atoms with Crippen LogP contribution in [0.2, 0.25) is 0 Å². The van der Waals surface area contributed by atoms with Crippen LogP contribution in [0.25, 0.3) is 11.5 Å². The summed E-state index contributed by atoms with van der Waals surface area (Å²) in [7, 11) is 2.08. The van der Waals surface area contributed by atoms with E-state index in [1.54, 1.807) is 38.1 Å². The molecule has 23 heteroatoms. The minimum absolute atomic E-state index is 0.0287. The Morgan fingerprint density at radius 1 is 0.506 bits per heavy atom. The molecule has 0 heterocycles. The fraction of sp³-hybridized carbons (Fsp3) is 0.227. The first-order chi connectivity index (χ1) is 42.0. The lowest BCUT2D eigenvalue weighted by Crippen LogP contribution is -2.42. The van der Waals surface area contributed by atoms with Gasteiger partial charge in [0.25, 0.3) is 0 Å². The standard InChI is InChI=1S/C34H28O12.C32H26O11/c1-13-8-18-25(21(38)9-13)31(43)28-29(41)16-6-7-34(28,32(18)46-14(2)35)12-15-10-22(39)27(30(42)24(15)16)23(40)11-17-19(36)4-5-20(37)26(17)33(44)45-3;1-12-7-16-23(19(35)8-12)29(40)26-27(38)14-5-6-32(26,30(16)41)11-13-9-20(36)25(28(39)22(13)14)21(37)10-15-17(33)3-4-18(34)24(15)31(42)43-2/h4-10,16,32,36-39,42-43H,11-12H2,1-3H3;3-9,14,30,33-36,39-41H,10-11H2,1-2H3/t16-,32-,34-;14-,30-,32-/m00/s1. The van der Waals surface area contributed by atoms with E-state index in [2.05, 4.69) is 9.47 Å². The summed E-state index contributed by atoms with van der Waals surface area (Å²) in [5.74, 6) is -15.3. The van der Waals surface area contributed by atoms with Crippen LogP contribution >= 0.6 is 0 Å². The number of carbonyl (C=O) groups excluding carboxylic acids is 7. The van der Waals surface area contributed by atoms with Crippen molar-refractivity contribution < 1.29 is 114 Å². The first-order valence-corrected chi connectivity index (χ1v) is 27.4. The van der Waals surface area contributed by atoms with Crippen LogP contribution in [-0.4, -0.2) is 122 Å². The molecule has 0 saturated carbocycles. The van der Waals surface area contributed by atoms with E-state index in [1.807, 2.05) is 0 Å². The molecule has 0 aliphatic heterocycles. The Hall–Kier alpha value is -11.1. The molecule has 14 rings (SSSR count). The van der Waals surface area contributed by atoms with Crippen LogP contribution in [0, 0.1) is 24.7 Å². The van der Waals surface area contributed by atoms with Crippen LogP contribution in [0.5, 0.6) is 57.5 Å². The number of methoxy groups -OCH3 is 2. The number of phenolic OH excluding ortho intramolecular Hbond substituents is 10.